The van der Waals surface area contributed by atoms with Gasteiger partial charge in [0.25, 0.3) is 0 Å². The van der Waals surface area contributed by atoms with Crippen LogP contribution in [-0.4, -0.2) is 66.1 Å². The van der Waals surface area contributed by atoms with E-state index in [1.807, 2.05) is 13.8 Å². The average molecular weight is 550 g/mol. The summed E-state index contributed by atoms with van der Waals surface area (Å²) >= 11 is 0. The number of carbonyl (C=O) groups excluding carboxylic acids is 1. The molecule has 0 radical (unpaired) electrons. The molecule has 3 rings (SSSR count). The second kappa shape index (κ2) is 13.4. The van der Waals surface area contributed by atoms with Gasteiger partial charge in [-0.3, -0.25) is 4.79 Å². The lowest BCUT2D eigenvalue weighted by molar-refractivity contribution is -0.146. The van der Waals surface area contributed by atoms with Crippen molar-refractivity contribution in [3.63, 3.8) is 0 Å². The molecule has 6 nitrogen and oxygen atoms in total. The molecule has 210 valence electrons. The molecule has 1 amide bonds. The number of piperazine rings is 1. The number of rotatable bonds is 7. The van der Waals surface area contributed by atoms with Gasteiger partial charge in [-0.1, -0.05) is 13.8 Å². The molecule has 0 bridgehead atoms. The van der Waals surface area contributed by atoms with E-state index < -0.39 is 48.1 Å². The van der Waals surface area contributed by atoms with Crippen LogP contribution in [0.3, 0.4) is 0 Å². The summed E-state index contributed by atoms with van der Waals surface area (Å²) in [5, 5.41) is 2.81. The fraction of sp³-hybridized carbons (Fsp3) is 0.440. The Morgan fingerprint density at radius 3 is 2.32 bits per heavy atom. The van der Waals surface area contributed by atoms with E-state index in [2.05, 4.69) is 10.3 Å². The van der Waals surface area contributed by atoms with Crippen LogP contribution in [0.1, 0.15) is 31.4 Å². The van der Waals surface area contributed by atoms with E-state index in [1.54, 1.807) is 0 Å². The predicted octanol–water partition coefficient (Wildman–Crippen LogP) is 4.22. The number of nitrogens with one attached hydrogen (secondary N) is 1. The van der Waals surface area contributed by atoms with Crippen LogP contribution in [0, 0.1) is 23.4 Å². The van der Waals surface area contributed by atoms with Crippen molar-refractivity contribution < 1.29 is 35.5 Å². The van der Waals surface area contributed by atoms with Crippen molar-refractivity contribution in [1.82, 2.24) is 20.1 Å². The largest absolute Gasteiger partial charge is 0.405 e. The highest BCUT2D eigenvalue weighted by molar-refractivity contribution is 5.78. The first-order valence-corrected chi connectivity index (χ1v) is 11.9. The van der Waals surface area contributed by atoms with Gasteiger partial charge in [0.1, 0.15) is 12.4 Å². The lowest BCUT2D eigenvalue weighted by Gasteiger charge is -2.40. The topological polar surface area (TPSA) is 74.5 Å². The van der Waals surface area contributed by atoms with Crippen molar-refractivity contribution in [2.75, 3.05) is 33.2 Å². The summed E-state index contributed by atoms with van der Waals surface area (Å²) in [6.45, 7) is 2.34. The first-order valence-electron chi connectivity index (χ1n) is 11.9. The lowest BCUT2D eigenvalue weighted by Crippen LogP contribution is -2.51. The highest BCUT2D eigenvalue weighted by Gasteiger charge is 2.36. The third-order valence-corrected chi connectivity index (χ3v) is 5.65. The molecule has 2 heterocycles. The Bertz CT molecular complexity index is 1120. The Labute approximate surface area is 216 Å². The number of pyridine rings is 1. The number of carbonyl (C=O) groups is 1. The van der Waals surface area contributed by atoms with Gasteiger partial charge < -0.3 is 20.9 Å². The Balaban J connectivity index is 0.00000247. The van der Waals surface area contributed by atoms with E-state index in [-0.39, 0.29) is 49.4 Å². The lowest BCUT2D eigenvalue weighted by atomic mass is 10.0. The highest BCUT2D eigenvalue weighted by Crippen LogP contribution is 2.27. The second-order valence-corrected chi connectivity index (χ2v) is 8.32. The zero-order valence-corrected chi connectivity index (χ0v) is 21.2. The van der Waals surface area contributed by atoms with Crippen LogP contribution in [0.4, 0.5) is 30.7 Å². The summed E-state index contributed by atoms with van der Waals surface area (Å²) in [6.07, 6.45) is -3.92. The molecule has 3 N–H and O–H groups in total. The molecule has 1 atom stereocenters. The van der Waals surface area contributed by atoms with E-state index in [0.29, 0.717) is 17.7 Å². The third-order valence-electron chi connectivity index (χ3n) is 5.65. The van der Waals surface area contributed by atoms with Crippen LogP contribution < -0.4 is 11.1 Å². The molecule has 0 saturated carbocycles. The summed E-state index contributed by atoms with van der Waals surface area (Å²) in [4.78, 5) is 18.8. The van der Waals surface area contributed by atoms with Gasteiger partial charge >= 0.3 is 6.18 Å². The molecule has 38 heavy (non-hydrogen) atoms. The number of hydrogen-bond donors (Lipinski definition) is 2. The Kier molecular flexibility index (Phi) is 10.9. The zero-order chi connectivity index (χ0) is 28.6. The number of aromatic nitrogens is 1. The van der Waals surface area contributed by atoms with Gasteiger partial charge in [0.2, 0.25) is 11.9 Å². The summed E-state index contributed by atoms with van der Waals surface area (Å²) in [6, 6.07) is 2.51. The molecule has 1 aromatic heterocycles. The van der Waals surface area contributed by atoms with E-state index in [4.69, 9.17) is 5.73 Å². The van der Waals surface area contributed by atoms with E-state index in [9.17, 15) is 35.5 Å². The first kappa shape index (κ1) is 30.9. The fourth-order valence-electron chi connectivity index (χ4n) is 3.98. The van der Waals surface area contributed by atoms with Crippen LogP contribution in [0.25, 0.3) is 5.70 Å². The van der Waals surface area contributed by atoms with Crippen molar-refractivity contribution in [2.45, 2.75) is 38.9 Å². The van der Waals surface area contributed by atoms with Crippen LogP contribution in [0.5, 0.6) is 0 Å². The normalized spacial score (nSPS) is 16.0. The molecule has 13 heteroatoms. The van der Waals surface area contributed by atoms with Gasteiger partial charge in [-0.25, -0.2) is 18.2 Å². The van der Waals surface area contributed by atoms with Crippen LogP contribution in [0.2, 0.25) is 0 Å². The predicted molar refractivity (Wildman–Crippen MR) is 128 cm³/mol. The molecule has 1 aliphatic rings. The van der Waals surface area contributed by atoms with Gasteiger partial charge in [-0.05, 0) is 30.2 Å². The molecule has 2 aromatic rings. The quantitative estimate of drug-likeness (QED) is 0.308. The van der Waals surface area contributed by atoms with Crippen LogP contribution in [0.15, 0.2) is 36.2 Å². The SMILES string of the molecule is CC.CN/C(=C1/CN(C(=O)CC(N)Cc2cc(F)c(F)cc2F)CCN1CC(F)(F)F)c1ccc(F)nc1. The van der Waals surface area contributed by atoms with E-state index >= 15 is 0 Å². The molecule has 1 fully saturated rings. The maximum atomic E-state index is 13.9. The van der Waals surface area contributed by atoms with Gasteiger partial charge in [0.15, 0.2) is 11.6 Å². The Morgan fingerprint density at radius 1 is 1.08 bits per heavy atom. The monoisotopic (exact) mass is 549 g/mol. The molecule has 1 aromatic carbocycles. The maximum absolute atomic E-state index is 13.9. The molecule has 1 aliphatic heterocycles. The molecular formula is C25H30F7N5O. The number of alkyl halides is 3. The number of nitrogens with zero attached hydrogens (tertiary/aromatic N) is 3. The molecule has 0 aliphatic carbocycles. The zero-order valence-electron chi connectivity index (χ0n) is 21.2. The smallest absolute Gasteiger partial charge is 0.386 e. The van der Waals surface area contributed by atoms with Gasteiger partial charge in [0, 0.05) is 50.4 Å². The third kappa shape index (κ3) is 8.33. The minimum Gasteiger partial charge on any atom is -0.386 e. The summed E-state index contributed by atoms with van der Waals surface area (Å²) in [7, 11) is 1.48. The summed E-state index contributed by atoms with van der Waals surface area (Å²) in [5.74, 6) is -4.89. The molecule has 0 spiro atoms. The van der Waals surface area contributed by atoms with Crippen molar-refractivity contribution in [1.29, 1.82) is 0 Å². The fourth-order valence-corrected chi connectivity index (χ4v) is 3.98. The summed E-state index contributed by atoms with van der Waals surface area (Å²) < 4.78 is 93.5. The molecule has 1 saturated heterocycles. The minimum absolute atomic E-state index is 0.0384. The highest BCUT2D eigenvalue weighted by atomic mass is 19.4. The number of benzene rings is 1. The van der Waals surface area contributed by atoms with Gasteiger partial charge in [0.05, 0.1) is 17.9 Å². The molecular weight excluding hydrogens is 519 g/mol. The van der Waals surface area contributed by atoms with Gasteiger partial charge in [-0.2, -0.15) is 17.6 Å². The van der Waals surface area contributed by atoms with Gasteiger partial charge in [-0.15, -0.1) is 0 Å². The number of halogens is 7. The minimum atomic E-state index is -4.52. The Hall–Kier alpha value is -3.35. The first-order chi connectivity index (χ1) is 17.9. The number of nitrogens with two attached hydrogens (primary N) is 1. The van der Waals surface area contributed by atoms with Crippen molar-refractivity contribution in [2.24, 2.45) is 5.73 Å². The average Bonchev–Trinajstić information content (AvgIpc) is 2.85. The van der Waals surface area contributed by atoms with Crippen molar-refractivity contribution >= 4 is 11.6 Å². The number of amides is 1. The van der Waals surface area contributed by atoms with E-state index in [1.165, 1.54) is 18.0 Å². The standard InChI is InChI=1S/C23H24F7N5O.C2H6/c1-32-22(13-2-3-20(27)33-10-13)19-11-34(4-5-35(19)12-23(28,29)30)21(36)8-15(31)6-14-7-17(25)18(26)9-16(14)24;1-2/h2-3,7,9-10,15,32H,4-6,8,11-12,31H2,1H3;1-2H3/b22-19-;. The number of hydrogen-bond acceptors (Lipinski definition) is 5. The Morgan fingerprint density at radius 2 is 1.74 bits per heavy atom. The van der Waals surface area contributed by atoms with E-state index in [0.717, 1.165) is 17.2 Å². The second-order valence-electron chi connectivity index (χ2n) is 8.32. The van der Waals surface area contributed by atoms with Crippen LogP contribution >= 0.6 is 0 Å². The van der Waals surface area contributed by atoms with Crippen molar-refractivity contribution in [3.8, 4) is 0 Å². The van der Waals surface area contributed by atoms with Crippen LogP contribution in [-0.2, 0) is 11.2 Å². The summed E-state index contributed by atoms with van der Waals surface area (Å²) in [5.41, 5.74) is 6.44. The maximum Gasteiger partial charge on any atom is 0.405 e. The van der Waals surface area contributed by atoms with Crippen molar-refractivity contribution in [3.05, 3.63) is 70.7 Å². The molecule has 1 unspecified atom stereocenters.